The van der Waals surface area contributed by atoms with Crippen LogP contribution in [0.15, 0.2) is 25.3 Å². The van der Waals surface area contributed by atoms with Crippen LogP contribution in [0.1, 0.15) is 19.8 Å². The monoisotopic (exact) mass is 412 g/mol. The van der Waals surface area contributed by atoms with Crippen molar-refractivity contribution in [2.75, 3.05) is 6.61 Å². The molecule has 0 N–H and O–H groups in total. The van der Waals surface area contributed by atoms with E-state index in [1.54, 1.807) is 13.0 Å². The van der Waals surface area contributed by atoms with Crippen LogP contribution >= 0.6 is 0 Å². The minimum atomic E-state index is -0.208. The van der Waals surface area contributed by atoms with E-state index < -0.39 is 0 Å². The van der Waals surface area contributed by atoms with Crippen LogP contribution in [0.3, 0.4) is 0 Å². The molecule has 2 atom stereocenters. The minimum absolute atomic E-state index is 0. The number of hydrogen-bond donors (Lipinski definition) is 0. The predicted molar refractivity (Wildman–Crippen MR) is 77.9 cm³/mol. The quantitative estimate of drug-likeness (QED) is 0.394. The topological polar surface area (TPSA) is 77.5 Å². The third kappa shape index (κ3) is 11.2. The van der Waals surface area contributed by atoms with Crippen LogP contribution in [0.5, 0.6) is 0 Å². The number of esters is 1. The second-order valence-corrected chi connectivity index (χ2v) is 4.34. The van der Waals surface area contributed by atoms with Crippen LogP contribution in [0.4, 0.5) is 0 Å². The molecule has 2 aliphatic rings. The van der Waals surface area contributed by atoms with Crippen LogP contribution in [0.2, 0.25) is 0 Å². The molecule has 2 saturated carbocycles. The Morgan fingerprint density at radius 1 is 1.13 bits per heavy atom. The maximum atomic E-state index is 10.8. The van der Waals surface area contributed by atoms with E-state index in [2.05, 4.69) is 56.2 Å². The molecule has 0 aromatic rings. The molecule has 0 heterocycles. The molecule has 2 fully saturated rings. The summed E-state index contributed by atoms with van der Waals surface area (Å²) in [5.74, 6) is 2.60. The molecule has 0 radical (unpaired) electrons. The van der Waals surface area contributed by atoms with Crippen molar-refractivity contribution in [1.29, 1.82) is 0 Å². The van der Waals surface area contributed by atoms with Gasteiger partial charge in [0.25, 0.3) is 0 Å². The van der Waals surface area contributed by atoms with Crippen LogP contribution in [-0.4, -0.2) is 18.4 Å². The Morgan fingerprint density at radius 2 is 1.52 bits per heavy atom. The number of hydrogen-bond acceptors (Lipinski definition) is 5. The summed E-state index contributed by atoms with van der Waals surface area (Å²) in [6.07, 6.45) is 5.37. The number of ether oxygens (including phenoxy) is 1. The molecule has 0 aliphatic heterocycles. The Balaban J connectivity index is -0.000000280. The average molecular weight is 412 g/mol. The van der Waals surface area contributed by atoms with E-state index in [4.69, 9.17) is 7.73 Å². The van der Waals surface area contributed by atoms with Gasteiger partial charge in [-0.05, 0) is 19.3 Å². The van der Waals surface area contributed by atoms with Crippen molar-refractivity contribution in [1.82, 2.24) is 0 Å². The van der Waals surface area contributed by atoms with Gasteiger partial charge in [0.1, 0.15) is 0 Å². The van der Waals surface area contributed by atoms with Gasteiger partial charge in [-0.1, -0.05) is 0 Å². The number of carbonyl (C=O) groups is 2. The molecule has 2 unspecified atom stereocenters. The number of rotatable bonds is 5. The summed E-state index contributed by atoms with van der Waals surface area (Å²) < 4.78 is 20.5. The average Bonchev–Trinajstić information content (AvgIpc) is 3.44. The van der Waals surface area contributed by atoms with Crippen molar-refractivity contribution in [3.63, 3.8) is 0 Å². The van der Waals surface area contributed by atoms with E-state index in [9.17, 15) is 9.59 Å². The first-order valence-corrected chi connectivity index (χ1v) is 7.11. The van der Waals surface area contributed by atoms with E-state index in [1.807, 2.05) is 6.08 Å². The third-order valence-electron chi connectivity index (χ3n) is 2.97. The Bertz CT molecular complexity index is 385. The Kier molecular flexibility index (Phi) is 18.5. The normalized spacial score (nSPS) is 18.8. The van der Waals surface area contributed by atoms with E-state index in [0.717, 1.165) is 24.7 Å². The molecule has 138 valence electrons. The van der Waals surface area contributed by atoms with Crippen molar-refractivity contribution in [3.05, 3.63) is 51.5 Å². The van der Waals surface area contributed by atoms with Crippen molar-refractivity contribution >= 4 is 11.8 Å². The number of Topliss-reactive ketones (excluding diaryl/α,β-unsaturated/α-hetero) is 1. The van der Waals surface area contributed by atoms with Gasteiger partial charge in [0.05, 0.1) is 0 Å². The van der Waals surface area contributed by atoms with Gasteiger partial charge in [-0.3, -0.25) is 10.7 Å². The summed E-state index contributed by atoms with van der Waals surface area (Å²) in [5, 5.41) is 0. The van der Waals surface area contributed by atoms with E-state index >= 15 is 0 Å². The molecule has 0 saturated heterocycles. The molecular formula is C16H22Co2O5-4. The summed E-state index contributed by atoms with van der Waals surface area (Å²) in [6.45, 7) is 12.4. The Morgan fingerprint density at radius 3 is 1.74 bits per heavy atom. The molecule has 0 amide bonds. The fourth-order valence-electron chi connectivity index (χ4n) is 1.63. The zero-order chi connectivity index (χ0) is 17.7. The van der Waals surface area contributed by atoms with Crippen LogP contribution < -0.4 is 0 Å². The zero-order valence-corrected chi connectivity index (χ0v) is 15.3. The molecular weight excluding hydrogens is 390 g/mol. The summed E-state index contributed by atoms with van der Waals surface area (Å²) in [5.41, 5.74) is 0. The van der Waals surface area contributed by atoms with Crippen molar-refractivity contribution in [2.45, 2.75) is 19.8 Å². The molecule has 0 aromatic heterocycles. The molecule has 0 aromatic carbocycles. The molecule has 2 aliphatic carbocycles. The second-order valence-electron chi connectivity index (χ2n) is 4.34. The SMILES string of the molecule is C=CC1C[C-]1C(=O)OC[CH2-].C=CC1C[C-]1C(C)=O.[CH3-].[O]=[Co].[O]=[Co]. The van der Waals surface area contributed by atoms with Gasteiger partial charge < -0.3 is 29.8 Å². The summed E-state index contributed by atoms with van der Waals surface area (Å²) >= 11 is 4.62. The number of ketones is 1. The number of carbonyl (C=O) groups excluding carboxylic acids is 2. The first-order chi connectivity index (χ1) is 10.5. The first-order valence-electron chi connectivity index (χ1n) is 6.26. The van der Waals surface area contributed by atoms with E-state index in [0.29, 0.717) is 5.92 Å². The van der Waals surface area contributed by atoms with Crippen molar-refractivity contribution in [3.8, 4) is 0 Å². The summed E-state index contributed by atoms with van der Waals surface area (Å²) in [4.78, 5) is 21.3. The fraction of sp³-hybridized carbons (Fsp3) is 0.375. The van der Waals surface area contributed by atoms with Gasteiger partial charge in [0.15, 0.2) is 5.97 Å². The third-order valence-corrected chi connectivity index (χ3v) is 2.97. The molecule has 0 spiro atoms. The van der Waals surface area contributed by atoms with Gasteiger partial charge >= 0.3 is 39.1 Å². The summed E-state index contributed by atoms with van der Waals surface area (Å²) in [6, 6.07) is 0. The van der Waals surface area contributed by atoms with Gasteiger partial charge in [-0.2, -0.15) is 18.8 Å². The van der Waals surface area contributed by atoms with E-state index in [-0.39, 0.29) is 31.7 Å². The van der Waals surface area contributed by atoms with Crippen molar-refractivity contribution in [2.24, 2.45) is 11.8 Å². The number of allylic oxidation sites excluding steroid dienone is 2. The van der Waals surface area contributed by atoms with Gasteiger partial charge in [0.2, 0.25) is 0 Å². The zero-order valence-electron chi connectivity index (χ0n) is 13.3. The summed E-state index contributed by atoms with van der Waals surface area (Å²) in [7, 11) is 0. The molecule has 2 rings (SSSR count). The maximum absolute atomic E-state index is 10.8. The molecule has 23 heavy (non-hydrogen) atoms. The van der Waals surface area contributed by atoms with Gasteiger partial charge in [-0.15, -0.1) is 31.2 Å². The second kappa shape index (κ2) is 15.9. The van der Waals surface area contributed by atoms with Gasteiger partial charge in [-0.25, -0.2) is 0 Å². The van der Waals surface area contributed by atoms with Crippen molar-refractivity contribution < 1.29 is 53.4 Å². The Hall–Kier alpha value is -1.03. The van der Waals surface area contributed by atoms with Crippen LogP contribution in [0, 0.1) is 38.0 Å². The molecule has 7 heteroatoms. The van der Waals surface area contributed by atoms with E-state index in [1.165, 1.54) is 0 Å². The predicted octanol–water partition coefficient (Wildman–Crippen LogP) is 2.71. The standard InChI is InChI=1S/C8H10O2.C7H9O.CH3.2Co.2O/c1-3-6-5-7(6)8(9)10-4-2;1-3-6-4-7(6)5(2)8;;;;;/h3,6H,1-2,4-5H2;3,6H,1,4H2,2H3;1H3;;;;/q-2;2*-1;;;;. The van der Waals surface area contributed by atoms with Crippen LogP contribution in [-0.2, 0) is 53.4 Å². The molecule has 5 nitrogen and oxygen atoms in total. The first kappa shape index (κ1) is 26.8. The van der Waals surface area contributed by atoms with Gasteiger partial charge in [0, 0.05) is 0 Å². The van der Waals surface area contributed by atoms with Crippen LogP contribution in [0.25, 0.3) is 0 Å². The Labute approximate surface area is 154 Å². The fourth-order valence-corrected chi connectivity index (χ4v) is 1.63. The molecule has 0 bridgehead atoms.